The van der Waals surface area contributed by atoms with Crippen LogP contribution in [-0.2, 0) is 6.42 Å². The predicted molar refractivity (Wildman–Crippen MR) is 140 cm³/mol. The molecule has 4 heteroatoms. The number of fused-ring (bicyclic) bond motifs is 3. The highest BCUT2D eigenvalue weighted by atomic mass is 16.5. The molecule has 0 fully saturated rings. The molecule has 33 heavy (non-hydrogen) atoms. The van der Waals surface area contributed by atoms with E-state index >= 15 is 0 Å². The van der Waals surface area contributed by atoms with Crippen LogP contribution in [0.15, 0.2) is 36.4 Å². The molecule has 4 nitrogen and oxygen atoms in total. The molecule has 0 atom stereocenters. The summed E-state index contributed by atoms with van der Waals surface area (Å²) in [6, 6.07) is 13.2. The van der Waals surface area contributed by atoms with Crippen LogP contribution in [0.3, 0.4) is 0 Å². The maximum absolute atomic E-state index is 6.14. The van der Waals surface area contributed by atoms with Gasteiger partial charge < -0.3 is 9.47 Å². The third-order valence-corrected chi connectivity index (χ3v) is 6.34. The molecular weight excluding hydrogens is 408 g/mol. The van der Waals surface area contributed by atoms with Crippen molar-refractivity contribution in [3.8, 4) is 22.6 Å². The van der Waals surface area contributed by atoms with Crippen LogP contribution in [0.4, 0.5) is 0 Å². The lowest BCUT2D eigenvalue weighted by atomic mass is 10.1. The zero-order valence-electron chi connectivity index (χ0n) is 21.4. The van der Waals surface area contributed by atoms with Crippen molar-refractivity contribution < 1.29 is 9.47 Å². The molecule has 0 amide bonds. The van der Waals surface area contributed by atoms with E-state index in [0.717, 1.165) is 70.4 Å². The first-order valence-electron chi connectivity index (χ1n) is 13.1. The molecule has 1 aliphatic rings. The van der Waals surface area contributed by atoms with Gasteiger partial charge in [0.1, 0.15) is 24.7 Å². The molecule has 0 saturated heterocycles. The second kappa shape index (κ2) is 13.6. The SMILES string of the molecule is CCCN(CCC)CCOc1ccc2c(c1)Cc1ccc(OCCN(CCC)CCC)cc1-2. The van der Waals surface area contributed by atoms with E-state index in [9.17, 15) is 0 Å². The number of rotatable bonds is 16. The number of nitrogens with zero attached hydrogens (tertiary/aromatic N) is 2. The van der Waals surface area contributed by atoms with Crippen LogP contribution in [0.1, 0.15) is 64.5 Å². The zero-order valence-corrected chi connectivity index (χ0v) is 21.4. The number of hydrogen-bond donors (Lipinski definition) is 0. The van der Waals surface area contributed by atoms with E-state index in [-0.39, 0.29) is 0 Å². The Morgan fingerprint density at radius 1 is 0.576 bits per heavy atom. The second-order valence-electron chi connectivity index (χ2n) is 9.19. The molecule has 0 unspecified atom stereocenters. The Morgan fingerprint density at radius 2 is 1.09 bits per heavy atom. The summed E-state index contributed by atoms with van der Waals surface area (Å²) in [5.74, 6) is 1.96. The van der Waals surface area contributed by atoms with Crippen LogP contribution in [0, 0.1) is 0 Å². The topological polar surface area (TPSA) is 24.9 Å². The van der Waals surface area contributed by atoms with Crippen molar-refractivity contribution in [3.05, 3.63) is 47.5 Å². The van der Waals surface area contributed by atoms with Crippen LogP contribution in [0.2, 0.25) is 0 Å². The Kier molecular flexibility index (Phi) is 10.6. The van der Waals surface area contributed by atoms with E-state index in [1.165, 1.54) is 47.9 Å². The maximum atomic E-state index is 6.14. The van der Waals surface area contributed by atoms with Gasteiger partial charge in [-0.1, -0.05) is 39.8 Å². The minimum Gasteiger partial charge on any atom is -0.492 e. The lowest BCUT2D eigenvalue weighted by Gasteiger charge is -2.21. The van der Waals surface area contributed by atoms with Gasteiger partial charge in [-0.2, -0.15) is 0 Å². The van der Waals surface area contributed by atoms with Crippen molar-refractivity contribution in [1.29, 1.82) is 0 Å². The molecule has 2 aromatic rings. The molecule has 0 spiro atoms. The number of hydrogen-bond acceptors (Lipinski definition) is 4. The Labute approximate surface area is 201 Å². The molecule has 0 heterocycles. The van der Waals surface area contributed by atoms with E-state index in [4.69, 9.17) is 9.47 Å². The standard InChI is InChI=1S/C29H44N2O2/c1-5-13-30(14-6-2)17-19-32-26-11-12-28-25(22-26)21-24-9-10-27(23-29(24)28)33-20-18-31(15-7-3)16-8-4/h9-12,22-23H,5-8,13-21H2,1-4H3. The monoisotopic (exact) mass is 452 g/mol. The van der Waals surface area contributed by atoms with Gasteiger partial charge in [0.05, 0.1) is 0 Å². The fraction of sp³-hybridized carbons (Fsp3) is 0.586. The van der Waals surface area contributed by atoms with E-state index in [1.54, 1.807) is 0 Å². The van der Waals surface area contributed by atoms with Crippen LogP contribution < -0.4 is 9.47 Å². The third-order valence-electron chi connectivity index (χ3n) is 6.34. The summed E-state index contributed by atoms with van der Waals surface area (Å²) >= 11 is 0. The lowest BCUT2D eigenvalue weighted by Crippen LogP contribution is -2.30. The lowest BCUT2D eigenvalue weighted by molar-refractivity contribution is 0.209. The predicted octanol–water partition coefficient (Wildman–Crippen LogP) is 6.26. The van der Waals surface area contributed by atoms with Gasteiger partial charge in [0, 0.05) is 13.1 Å². The fourth-order valence-electron chi connectivity index (χ4n) is 4.85. The molecular formula is C29H44N2O2. The summed E-state index contributed by atoms with van der Waals surface area (Å²) in [7, 11) is 0. The van der Waals surface area contributed by atoms with Crippen LogP contribution >= 0.6 is 0 Å². The van der Waals surface area contributed by atoms with Gasteiger partial charge in [0.15, 0.2) is 0 Å². The zero-order chi connectivity index (χ0) is 23.5. The van der Waals surface area contributed by atoms with Gasteiger partial charge in [-0.15, -0.1) is 0 Å². The average Bonchev–Trinajstić information content (AvgIpc) is 3.17. The average molecular weight is 453 g/mol. The Balaban J connectivity index is 1.56. The van der Waals surface area contributed by atoms with E-state index in [0.29, 0.717) is 0 Å². The fourth-order valence-corrected chi connectivity index (χ4v) is 4.85. The van der Waals surface area contributed by atoms with Crippen molar-refractivity contribution in [1.82, 2.24) is 9.80 Å². The van der Waals surface area contributed by atoms with Gasteiger partial charge in [-0.25, -0.2) is 0 Å². The third kappa shape index (κ3) is 7.48. The van der Waals surface area contributed by atoms with E-state index in [2.05, 4.69) is 73.9 Å². The van der Waals surface area contributed by atoms with Crippen molar-refractivity contribution in [3.63, 3.8) is 0 Å². The summed E-state index contributed by atoms with van der Waals surface area (Å²) < 4.78 is 12.3. The Bertz CT molecular complexity index is 840. The van der Waals surface area contributed by atoms with Gasteiger partial charge in [-0.05, 0) is 105 Å². The smallest absolute Gasteiger partial charge is 0.120 e. The van der Waals surface area contributed by atoms with Crippen molar-refractivity contribution in [2.24, 2.45) is 0 Å². The van der Waals surface area contributed by atoms with E-state index in [1.807, 2.05) is 0 Å². The maximum Gasteiger partial charge on any atom is 0.120 e. The highest BCUT2D eigenvalue weighted by Crippen LogP contribution is 2.40. The molecule has 182 valence electrons. The van der Waals surface area contributed by atoms with Gasteiger partial charge in [-0.3, -0.25) is 9.80 Å². The molecule has 0 aromatic heterocycles. The van der Waals surface area contributed by atoms with Crippen molar-refractivity contribution in [2.75, 3.05) is 52.5 Å². The van der Waals surface area contributed by atoms with Crippen LogP contribution in [0.5, 0.6) is 11.5 Å². The summed E-state index contributed by atoms with van der Waals surface area (Å²) in [5, 5.41) is 0. The highest BCUT2D eigenvalue weighted by Gasteiger charge is 2.20. The first-order chi connectivity index (χ1) is 16.2. The summed E-state index contributed by atoms with van der Waals surface area (Å²) in [6.07, 6.45) is 5.74. The van der Waals surface area contributed by atoms with Gasteiger partial charge in [0.25, 0.3) is 0 Å². The first-order valence-corrected chi connectivity index (χ1v) is 13.1. The molecule has 0 saturated carbocycles. The van der Waals surface area contributed by atoms with Crippen molar-refractivity contribution >= 4 is 0 Å². The summed E-state index contributed by atoms with van der Waals surface area (Å²) in [4.78, 5) is 4.99. The number of benzene rings is 2. The Hall–Kier alpha value is -2.04. The number of ether oxygens (including phenoxy) is 2. The summed E-state index contributed by atoms with van der Waals surface area (Å²) in [5.41, 5.74) is 5.37. The highest BCUT2D eigenvalue weighted by molar-refractivity contribution is 5.78. The molecule has 0 bridgehead atoms. The van der Waals surface area contributed by atoms with Crippen LogP contribution in [-0.4, -0.2) is 62.3 Å². The van der Waals surface area contributed by atoms with Gasteiger partial charge in [0.2, 0.25) is 0 Å². The van der Waals surface area contributed by atoms with Crippen molar-refractivity contribution in [2.45, 2.75) is 59.8 Å². The van der Waals surface area contributed by atoms with E-state index < -0.39 is 0 Å². The normalized spacial score (nSPS) is 12.3. The molecule has 2 aromatic carbocycles. The molecule has 1 aliphatic carbocycles. The van der Waals surface area contributed by atoms with Gasteiger partial charge >= 0.3 is 0 Å². The molecule has 0 radical (unpaired) electrons. The van der Waals surface area contributed by atoms with Crippen LogP contribution in [0.25, 0.3) is 11.1 Å². The molecule has 3 rings (SSSR count). The largest absolute Gasteiger partial charge is 0.492 e. The Morgan fingerprint density at radius 3 is 1.64 bits per heavy atom. The molecule has 0 N–H and O–H groups in total. The minimum absolute atomic E-state index is 0.742. The molecule has 0 aliphatic heterocycles. The quantitative estimate of drug-likeness (QED) is 0.256. The minimum atomic E-state index is 0.742. The second-order valence-corrected chi connectivity index (χ2v) is 9.19. The summed E-state index contributed by atoms with van der Waals surface area (Å²) in [6.45, 7) is 17.0. The first kappa shape index (κ1) is 25.6.